The van der Waals surface area contributed by atoms with Gasteiger partial charge < -0.3 is 14.7 Å². The monoisotopic (exact) mass is 294 g/mol. The number of quaternary nitrogens is 1. The second-order valence-corrected chi connectivity index (χ2v) is 5.18. The van der Waals surface area contributed by atoms with E-state index in [9.17, 15) is 4.79 Å². The molecule has 0 radical (unpaired) electrons. The van der Waals surface area contributed by atoms with Crippen LogP contribution in [0.4, 0.5) is 0 Å². The smallest absolute Gasteiger partial charge is 0.264 e. The third kappa shape index (κ3) is 2.97. The quantitative estimate of drug-likeness (QED) is 0.637. The largest absolute Gasteiger partial charge is 0.394 e. The van der Waals surface area contributed by atoms with E-state index in [1.807, 2.05) is 0 Å². The number of nitrogens with zero attached hydrogens (tertiary/aromatic N) is 4. The van der Waals surface area contributed by atoms with Crippen molar-refractivity contribution in [2.24, 2.45) is 0 Å². The predicted octanol–water partition coefficient (Wildman–Crippen LogP) is -2.50. The molecular formula is C13H20N5O3+. The standard InChI is InChI=1S/C13H19N5O3/c19-6-3-18-12-11(9-15-18)13(20)17(10-14-12)2-1-16-4-7-21-8-5-16/h9-10,19H,1-8H2/p+1. The molecule has 1 fully saturated rings. The lowest BCUT2D eigenvalue weighted by Gasteiger charge is -2.23. The molecule has 0 bridgehead atoms. The predicted molar refractivity (Wildman–Crippen MR) is 75.3 cm³/mol. The molecule has 8 heteroatoms. The summed E-state index contributed by atoms with van der Waals surface area (Å²) in [5.74, 6) is 0. The summed E-state index contributed by atoms with van der Waals surface area (Å²) < 4.78 is 8.51. The molecule has 1 saturated heterocycles. The Hall–Kier alpha value is -1.77. The fourth-order valence-electron chi connectivity index (χ4n) is 2.60. The van der Waals surface area contributed by atoms with Gasteiger partial charge in [0.1, 0.15) is 24.8 Å². The number of morpholine rings is 1. The maximum atomic E-state index is 12.4. The normalized spacial score (nSPS) is 16.6. The zero-order chi connectivity index (χ0) is 14.7. The van der Waals surface area contributed by atoms with E-state index in [-0.39, 0.29) is 12.2 Å². The number of aliphatic hydroxyl groups is 1. The molecule has 0 unspecified atom stereocenters. The van der Waals surface area contributed by atoms with Crippen molar-refractivity contribution in [1.82, 2.24) is 19.3 Å². The van der Waals surface area contributed by atoms with E-state index in [0.29, 0.717) is 24.1 Å². The maximum absolute atomic E-state index is 12.4. The van der Waals surface area contributed by atoms with Crippen LogP contribution in [0, 0.1) is 0 Å². The Morgan fingerprint density at radius 1 is 1.33 bits per heavy atom. The molecule has 21 heavy (non-hydrogen) atoms. The van der Waals surface area contributed by atoms with Crippen molar-refractivity contribution >= 4 is 11.0 Å². The van der Waals surface area contributed by atoms with Crippen LogP contribution < -0.4 is 10.5 Å². The molecule has 3 heterocycles. The molecule has 2 aromatic heterocycles. The minimum absolute atomic E-state index is 0.0259. The van der Waals surface area contributed by atoms with Gasteiger partial charge >= 0.3 is 0 Å². The van der Waals surface area contributed by atoms with Crippen molar-refractivity contribution in [3.8, 4) is 0 Å². The third-order valence-electron chi connectivity index (χ3n) is 3.84. The van der Waals surface area contributed by atoms with E-state index in [2.05, 4.69) is 10.1 Å². The van der Waals surface area contributed by atoms with Crippen molar-refractivity contribution in [1.29, 1.82) is 0 Å². The van der Waals surface area contributed by atoms with Gasteiger partial charge in [-0.15, -0.1) is 0 Å². The zero-order valence-electron chi connectivity index (χ0n) is 11.9. The average Bonchev–Trinajstić information content (AvgIpc) is 2.92. The molecule has 0 atom stereocenters. The first-order valence-corrected chi connectivity index (χ1v) is 7.22. The summed E-state index contributed by atoms with van der Waals surface area (Å²) >= 11 is 0. The van der Waals surface area contributed by atoms with E-state index in [4.69, 9.17) is 9.84 Å². The van der Waals surface area contributed by atoms with Gasteiger partial charge in [-0.1, -0.05) is 0 Å². The molecule has 2 N–H and O–H groups in total. The summed E-state index contributed by atoms with van der Waals surface area (Å²) in [5.41, 5.74) is 0.459. The molecule has 1 aliphatic rings. The topological polar surface area (TPSA) is 86.6 Å². The molecule has 0 aromatic carbocycles. The van der Waals surface area contributed by atoms with Crippen LogP contribution >= 0.6 is 0 Å². The first kappa shape index (κ1) is 14.2. The lowest BCUT2D eigenvalue weighted by atomic mass is 10.4. The number of rotatable bonds is 5. The summed E-state index contributed by atoms with van der Waals surface area (Å²) in [4.78, 5) is 18.1. The average molecular weight is 294 g/mol. The van der Waals surface area contributed by atoms with Crippen molar-refractivity contribution < 1.29 is 14.7 Å². The van der Waals surface area contributed by atoms with E-state index in [1.54, 1.807) is 15.6 Å². The first-order chi connectivity index (χ1) is 10.3. The second kappa shape index (κ2) is 6.33. The Bertz CT molecular complexity index is 659. The number of aliphatic hydroxyl groups excluding tert-OH is 1. The highest BCUT2D eigenvalue weighted by Gasteiger charge is 2.15. The van der Waals surface area contributed by atoms with Crippen LogP contribution in [0.5, 0.6) is 0 Å². The molecule has 3 rings (SSSR count). The van der Waals surface area contributed by atoms with Crippen LogP contribution in [-0.4, -0.2) is 63.9 Å². The van der Waals surface area contributed by atoms with Gasteiger partial charge in [-0.05, 0) is 0 Å². The highest BCUT2D eigenvalue weighted by Crippen LogP contribution is 2.04. The van der Waals surface area contributed by atoms with Gasteiger partial charge in [0.2, 0.25) is 0 Å². The second-order valence-electron chi connectivity index (χ2n) is 5.18. The zero-order valence-corrected chi connectivity index (χ0v) is 11.9. The van der Waals surface area contributed by atoms with Crippen molar-refractivity contribution in [2.75, 3.05) is 39.5 Å². The van der Waals surface area contributed by atoms with Gasteiger partial charge in [0.05, 0.1) is 45.7 Å². The number of fused-ring (bicyclic) bond motifs is 1. The molecule has 2 aromatic rings. The Morgan fingerprint density at radius 3 is 2.90 bits per heavy atom. The van der Waals surface area contributed by atoms with Crippen LogP contribution in [0.1, 0.15) is 0 Å². The van der Waals surface area contributed by atoms with Gasteiger partial charge in [-0.3, -0.25) is 9.36 Å². The first-order valence-electron chi connectivity index (χ1n) is 7.22. The molecular weight excluding hydrogens is 274 g/mol. The molecule has 0 amide bonds. The van der Waals surface area contributed by atoms with Gasteiger partial charge in [-0.25, -0.2) is 9.67 Å². The fraction of sp³-hybridized carbons (Fsp3) is 0.615. The van der Waals surface area contributed by atoms with Gasteiger partial charge in [-0.2, -0.15) is 5.10 Å². The van der Waals surface area contributed by atoms with Crippen molar-refractivity contribution in [3.63, 3.8) is 0 Å². The van der Waals surface area contributed by atoms with Crippen LogP contribution in [0.25, 0.3) is 11.0 Å². The van der Waals surface area contributed by atoms with Crippen molar-refractivity contribution in [2.45, 2.75) is 13.1 Å². The Balaban J connectivity index is 1.76. The number of ether oxygens (including phenoxy) is 1. The highest BCUT2D eigenvalue weighted by atomic mass is 16.5. The molecule has 0 saturated carbocycles. The van der Waals surface area contributed by atoms with E-state index >= 15 is 0 Å². The number of aromatic nitrogens is 4. The van der Waals surface area contributed by atoms with Gasteiger partial charge in [0, 0.05) is 0 Å². The number of hydrogen-bond acceptors (Lipinski definition) is 5. The number of hydrogen-bond donors (Lipinski definition) is 2. The molecule has 0 spiro atoms. The summed E-state index contributed by atoms with van der Waals surface area (Å²) in [5, 5.41) is 13.6. The molecule has 8 nitrogen and oxygen atoms in total. The summed E-state index contributed by atoms with van der Waals surface area (Å²) in [6.45, 7) is 5.39. The number of nitrogens with one attached hydrogen (secondary N) is 1. The van der Waals surface area contributed by atoms with Crippen LogP contribution in [-0.2, 0) is 17.8 Å². The van der Waals surface area contributed by atoms with Crippen LogP contribution in [0.2, 0.25) is 0 Å². The van der Waals surface area contributed by atoms with E-state index < -0.39 is 0 Å². The summed E-state index contributed by atoms with van der Waals surface area (Å²) in [6, 6.07) is 0. The third-order valence-corrected chi connectivity index (χ3v) is 3.84. The maximum Gasteiger partial charge on any atom is 0.264 e. The molecule has 114 valence electrons. The van der Waals surface area contributed by atoms with Gasteiger partial charge in [0.15, 0.2) is 5.65 Å². The minimum Gasteiger partial charge on any atom is -0.394 e. The van der Waals surface area contributed by atoms with E-state index in [1.165, 1.54) is 11.1 Å². The molecule has 0 aliphatic carbocycles. The van der Waals surface area contributed by atoms with Crippen LogP contribution in [0.15, 0.2) is 17.3 Å². The minimum atomic E-state index is -0.0724. The Labute approximate surface area is 121 Å². The lowest BCUT2D eigenvalue weighted by molar-refractivity contribution is -0.908. The van der Waals surface area contributed by atoms with Gasteiger partial charge in [0.25, 0.3) is 5.56 Å². The summed E-state index contributed by atoms with van der Waals surface area (Å²) in [6.07, 6.45) is 3.10. The highest BCUT2D eigenvalue weighted by molar-refractivity contribution is 5.72. The fourth-order valence-corrected chi connectivity index (χ4v) is 2.60. The summed E-state index contributed by atoms with van der Waals surface area (Å²) in [7, 11) is 0. The lowest BCUT2D eigenvalue weighted by Crippen LogP contribution is -3.14. The van der Waals surface area contributed by atoms with Crippen LogP contribution in [0.3, 0.4) is 0 Å². The Morgan fingerprint density at radius 2 is 2.14 bits per heavy atom. The van der Waals surface area contributed by atoms with Crippen molar-refractivity contribution in [3.05, 3.63) is 22.9 Å². The Kier molecular flexibility index (Phi) is 4.28. The van der Waals surface area contributed by atoms with E-state index in [0.717, 1.165) is 32.8 Å². The SMILES string of the molecule is O=c1c2cnn(CCO)c2ncn1CC[NH+]1CCOCC1. The molecule has 1 aliphatic heterocycles.